The Morgan fingerprint density at radius 1 is 1.00 bits per heavy atom. The van der Waals surface area contributed by atoms with Gasteiger partial charge in [0.2, 0.25) is 11.8 Å². The van der Waals surface area contributed by atoms with Gasteiger partial charge < -0.3 is 15.5 Å². The topological polar surface area (TPSA) is 90.5 Å². The number of imide groups is 1. The van der Waals surface area contributed by atoms with E-state index in [1.54, 1.807) is 4.90 Å². The minimum atomic E-state index is -0.582. The lowest BCUT2D eigenvalue weighted by molar-refractivity contribution is -0.136. The molecule has 0 aromatic heterocycles. The summed E-state index contributed by atoms with van der Waals surface area (Å²) in [6.07, 6.45) is 2.87. The molecule has 0 bridgehead atoms. The highest BCUT2D eigenvalue weighted by molar-refractivity contribution is 6.06. The van der Waals surface area contributed by atoms with E-state index >= 15 is 0 Å². The van der Waals surface area contributed by atoms with Gasteiger partial charge in [0.1, 0.15) is 6.04 Å². The summed E-state index contributed by atoms with van der Waals surface area (Å²) < 4.78 is 0. The van der Waals surface area contributed by atoms with Crippen molar-refractivity contribution in [2.75, 3.05) is 11.9 Å². The molecular weight excluding hydrogens is 392 g/mol. The molecule has 7 nitrogen and oxygen atoms in total. The number of amides is 3. The summed E-state index contributed by atoms with van der Waals surface area (Å²) in [6, 6.07) is 11.7. The van der Waals surface area contributed by atoms with Gasteiger partial charge in [0.15, 0.2) is 0 Å². The zero-order valence-electron chi connectivity index (χ0n) is 17.4. The van der Waals surface area contributed by atoms with Crippen LogP contribution in [0.5, 0.6) is 0 Å². The van der Waals surface area contributed by atoms with Crippen molar-refractivity contribution in [2.24, 2.45) is 0 Å². The average molecular weight is 418 g/mol. The summed E-state index contributed by atoms with van der Waals surface area (Å²) >= 11 is 0. The highest BCUT2D eigenvalue weighted by atomic mass is 16.2. The smallest absolute Gasteiger partial charge is 0.255 e. The first kappa shape index (κ1) is 19.8. The Bertz CT molecular complexity index is 1060. The Morgan fingerprint density at radius 2 is 1.81 bits per heavy atom. The van der Waals surface area contributed by atoms with Crippen molar-refractivity contribution in [3.63, 3.8) is 0 Å². The number of anilines is 1. The quantitative estimate of drug-likeness (QED) is 0.647. The van der Waals surface area contributed by atoms with Crippen molar-refractivity contribution in [2.45, 2.75) is 51.4 Å². The van der Waals surface area contributed by atoms with E-state index in [1.807, 2.05) is 18.2 Å². The summed E-state index contributed by atoms with van der Waals surface area (Å²) in [7, 11) is 0. The van der Waals surface area contributed by atoms with Gasteiger partial charge >= 0.3 is 0 Å². The number of nitrogens with zero attached hydrogens (tertiary/aromatic N) is 1. The minimum Gasteiger partial charge on any atom is -0.385 e. The maximum Gasteiger partial charge on any atom is 0.255 e. The second kappa shape index (κ2) is 8.15. The highest BCUT2D eigenvalue weighted by Gasteiger charge is 2.39. The minimum absolute atomic E-state index is 0.122. The maximum absolute atomic E-state index is 13.2. The zero-order valence-corrected chi connectivity index (χ0v) is 17.4. The van der Waals surface area contributed by atoms with Gasteiger partial charge in [-0.15, -0.1) is 0 Å². The molecule has 0 spiro atoms. The van der Waals surface area contributed by atoms with E-state index in [2.05, 4.69) is 34.1 Å². The normalized spacial score (nSPS) is 20.2. The first-order valence-corrected chi connectivity index (χ1v) is 10.9. The molecule has 5 rings (SSSR count). The first-order chi connectivity index (χ1) is 15.1. The summed E-state index contributed by atoms with van der Waals surface area (Å²) in [5.74, 6) is -0.767. The lowest BCUT2D eigenvalue weighted by atomic mass is 9.97. The zero-order chi connectivity index (χ0) is 21.4. The molecule has 7 heteroatoms. The van der Waals surface area contributed by atoms with Crippen LogP contribution >= 0.6 is 0 Å². The molecule has 2 aromatic carbocycles. The van der Waals surface area contributed by atoms with Crippen molar-refractivity contribution >= 4 is 23.4 Å². The highest BCUT2D eigenvalue weighted by Crippen LogP contribution is 2.30. The number of rotatable bonds is 5. The Kier molecular flexibility index (Phi) is 5.19. The Balaban J connectivity index is 1.29. The molecule has 0 radical (unpaired) electrons. The molecule has 0 aliphatic carbocycles. The van der Waals surface area contributed by atoms with E-state index in [9.17, 15) is 14.4 Å². The molecule has 2 aromatic rings. The largest absolute Gasteiger partial charge is 0.385 e. The van der Waals surface area contributed by atoms with Crippen LogP contribution in [0.1, 0.15) is 51.9 Å². The maximum atomic E-state index is 13.2. The van der Waals surface area contributed by atoms with E-state index in [0.717, 1.165) is 37.1 Å². The van der Waals surface area contributed by atoms with Crippen molar-refractivity contribution in [1.82, 2.24) is 15.5 Å². The number of benzene rings is 2. The molecule has 1 saturated heterocycles. The molecule has 3 aliphatic rings. The van der Waals surface area contributed by atoms with E-state index in [-0.39, 0.29) is 24.1 Å². The van der Waals surface area contributed by atoms with E-state index < -0.39 is 6.04 Å². The van der Waals surface area contributed by atoms with Crippen LogP contribution in [0.25, 0.3) is 0 Å². The van der Waals surface area contributed by atoms with Gasteiger partial charge in [-0.2, -0.15) is 0 Å². The second-order valence-corrected chi connectivity index (χ2v) is 8.43. The standard InChI is InChI=1S/C24H26N4O3/c29-21-10-9-20(23(30)27-21)28-14-17-6-1-5-16(22(17)24(28)31)13-25-12-15-4-2-8-19-18(15)7-3-11-26-19/h1-2,4-6,8,20,25-26H,3,7,9-14H2,(H,27,29,30). The van der Waals surface area contributed by atoms with Crippen LogP contribution in [0.15, 0.2) is 36.4 Å². The molecule has 1 fully saturated rings. The fraction of sp³-hybridized carbons (Fsp3) is 0.375. The van der Waals surface area contributed by atoms with Crippen LogP contribution in [-0.4, -0.2) is 35.2 Å². The van der Waals surface area contributed by atoms with Gasteiger partial charge in [0.25, 0.3) is 5.91 Å². The van der Waals surface area contributed by atoms with Crippen molar-refractivity contribution in [1.29, 1.82) is 0 Å². The predicted molar refractivity (Wildman–Crippen MR) is 116 cm³/mol. The van der Waals surface area contributed by atoms with Gasteiger partial charge in [-0.1, -0.05) is 30.3 Å². The van der Waals surface area contributed by atoms with Gasteiger partial charge in [0.05, 0.1) is 0 Å². The number of carbonyl (C=O) groups is 3. The lowest BCUT2D eigenvalue weighted by Gasteiger charge is -2.29. The SMILES string of the molecule is O=C1CCC(N2Cc3cccc(CNCc4cccc5c4CCCN5)c3C2=O)C(=O)N1. The number of hydrogen-bond donors (Lipinski definition) is 3. The molecule has 3 aliphatic heterocycles. The summed E-state index contributed by atoms with van der Waals surface area (Å²) in [4.78, 5) is 38.5. The van der Waals surface area contributed by atoms with Crippen molar-refractivity contribution in [3.05, 3.63) is 64.2 Å². The predicted octanol–water partition coefficient (Wildman–Crippen LogP) is 2.10. The molecule has 160 valence electrons. The number of fused-ring (bicyclic) bond motifs is 2. The monoisotopic (exact) mass is 418 g/mol. The second-order valence-electron chi connectivity index (χ2n) is 8.43. The van der Waals surface area contributed by atoms with Crippen LogP contribution in [0.4, 0.5) is 5.69 Å². The van der Waals surface area contributed by atoms with Crippen LogP contribution in [0.3, 0.4) is 0 Å². The van der Waals surface area contributed by atoms with Gasteiger partial charge in [-0.3, -0.25) is 19.7 Å². The number of carbonyl (C=O) groups excluding carboxylic acids is 3. The van der Waals surface area contributed by atoms with Crippen molar-refractivity contribution in [3.8, 4) is 0 Å². The van der Waals surface area contributed by atoms with Gasteiger partial charge in [0, 0.05) is 43.9 Å². The molecular formula is C24H26N4O3. The summed E-state index contributed by atoms with van der Waals surface area (Å²) in [5, 5.41) is 9.32. The molecule has 0 saturated carbocycles. The summed E-state index contributed by atoms with van der Waals surface area (Å²) in [5.41, 5.74) is 6.46. The first-order valence-electron chi connectivity index (χ1n) is 10.9. The molecule has 3 amide bonds. The number of hydrogen-bond acceptors (Lipinski definition) is 5. The van der Waals surface area contributed by atoms with E-state index in [1.165, 1.54) is 16.8 Å². The lowest BCUT2D eigenvalue weighted by Crippen LogP contribution is -2.52. The Hall–Kier alpha value is -3.19. The van der Waals surface area contributed by atoms with Crippen LogP contribution < -0.4 is 16.0 Å². The Labute approximate surface area is 181 Å². The Morgan fingerprint density at radius 3 is 2.68 bits per heavy atom. The molecule has 1 unspecified atom stereocenters. The summed E-state index contributed by atoms with van der Waals surface area (Å²) in [6.45, 7) is 2.74. The molecule has 31 heavy (non-hydrogen) atoms. The third-order valence-corrected chi connectivity index (χ3v) is 6.46. The van der Waals surface area contributed by atoms with Gasteiger partial charge in [-0.05, 0) is 47.6 Å². The molecule has 1 atom stereocenters. The number of nitrogens with one attached hydrogen (secondary N) is 3. The average Bonchev–Trinajstić information content (AvgIpc) is 3.11. The fourth-order valence-electron chi connectivity index (χ4n) is 4.92. The van der Waals surface area contributed by atoms with Crippen LogP contribution in [0.2, 0.25) is 0 Å². The van der Waals surface area contributed by atoms with Crippen molar-refractivity contribution < 1.29 is 14.4 Å². The number of piperidine rings is 1. The van der Waals surface area contributed by atoms with Crippen LogP contribution in [-0.2, 0) is 35.6 Å². The van der Waals surface area contributed by atoms with E-state index in [0.29, 0.717) is 25.1 Å². The van der Waals surface area contributed by atoms with Crippen LogP contribution in [0, 0.1) is 0 Å². The fourth-order valence-corrected chi connectivity index (χ4v) is 4.92. The van der Waals surface area contributed by atoms with E-state index in [4.69, 9.17) is 0 Å². The molecule has 3 N–H and O–H groups in total. The third kappa shape index (κ3) is 3.70. The molecule has 3 heterocycles. The third-order valence-electron chi connectivity index (χ3n) is 6.46. The van der Waals surface area contributed by atoms with Gasteiger partial charge in [-0.25, -0.2) is 0 Å².